The number of carbonyl (C=O) groups excluding carboxylic acids is 1. The van der Waals surface area contributed by atoms with Gasteiger partial charge in [0.15, 0.2) is 5.78 Å². The van der Waals surface area contributed by atoms with Crippen molar-refractivity contribution in [2.45, 2.75) is 44.6 Å². The molecule has 0 bridgehead atoms. The van der Waals surface area contributed by atoms with E-state index < -0.39 is 6.04 Å². The number of ketones is 1. The summed E-state index contributed by atoms with van der Waals surface area (Å²) in [6, 6.07) is 8.72. The Kier molecular flexibility index (Phi) is 4.32. The second kappa shape index (κ2) is 5.97. The first-order chi connectivity index (χ1) is 8.29. The summed E-state index contributed by atoms with van der Waals surface area (Å²) in [6.45, 7) is 0. The van der Waals surface area contributed by atoms with Gasteiger partial charge in [-0.1, -0.05) is 56.0 Å². The number of benzene rings is 1. The molecule has 0 saturated heterocycles. The lowest BCUT2D eigenvalue weighted by Gasteiger charge is -2.20. The first-order valence-corrected chi connectivity index (χ1v) is 6.59. The molecule has 2 nitrogen and oxygen atoms in total. The van der Waals surface area contributed by atoms with Gasteiger partial charge in [0.05, 0.1) is 6.04 Å². The van der Waals surface area contributed by atoms with Gasteiger partial charge in [0.2, 0.25) is 0 Å². The smallest absolute Gasteiger partial charge is 0.181 e. The van der Waals surface area contributed by atoms with Crippen molar-refractivity contribution in [1.82, 2.24) is 5.73 Å². The summed E-state index contributed by atoms with van der Waals surface area (Å²) in [4.78, 5) is 12.2. The fraction of sp³-hybridized carbons (Fsp3) is 0.533. The molecule has 0 aromatic heterocycles. The van der Waals surface area contributed by atoms with Crippen LogP contribution in [0, 0.1) is 5.92 Å². The highest BCUT2D eigenvalue weighted by Gasteiger charge is 2.26. The largest absolute Gasteiger partial charge is 0.292 e. The van der Waals surface area contributed by atoms with Gasteiger partial charge in [0.1, 0.15) is 0 Å². The van der Waals surface area contributed by atoms with Gasteiger partial charge in [-0.3, -0.25) is 4.79 Å². The van der Waals surface area contributed by atoms with Crippen molar-refractivity contribution in [1.29, 1.82) is 0 Å². The highest BCUT2D eigenvalue weighted by molar-refractivity contribution is 6.00. The fourth-order valence-corrected chi connectivity index (χ4v) is 2.64. The van der Waals surface area contributed by atoms with Crippen LogP contribution in [0.2, 0.25) is 0 Å². The van der Waals surface area contributed by atoms with Gasteiger partial charge in [-0.05, 0) is 18.8 Å². The standard InChI is InChI=1S/C15H20NO/c16-14(12-8-4-1-2-5-9-12)15(17)13-10-6-3-7-11-13/h3,6-7,10-12,14,16H,1-2,4-5,8-9H2. The van der Waals surface area contributed by atoms with Crippen LogP contribution >= 0.6 is 0 Å². The summed E-state index contributed by atoms with van der Waals surface area (Å²) in [7, 11) is 0. The Morgan fingerprint density at radius 3 is 2.24 bits per heavy atom. The van der Waals surface area contributed by atoms with E-state index in [1.54, 1.807) is 0 Å². The van der Waals surface area contributed by atoms with E-state index in [0.717, 1.165) is 12.8 Å². The third kappa shape index (κ3) is 3.16. The van der Waals surface area contributed by atoms with Gasteiger partial charge in [-0.15, -0.1) is 0 Å². The lowest BCUT2D eigenvalue weighted by Crippen LogP contribution is -2.31. The molecule has 1 saturated carbocycles. The van der Waals surface area contributed by atoms with E-state index in [2.05, 4.69) is 0 Å². The predicted octanol–water partition coefficient (Wildman–Crippen LogP) is 3.49. The van der Waals surface area contributed by atoms with Crippen LogP contribution in [0.3, 0.4) is 0 Å². The molecule has 0 heterocycles. The van der Waals surface area contributed by atoms with E-state index in [-0.39, 0.29) is 11.7 Å². The average Bonchev–Trinajstić information content (AvgIpc) is 2.67. The Morgan fingerprint density at radius 1 is 1.06 bits per heavy atom. The molecule has 1 aliphatic rings. The summed E-state index contributed by atoms with van der Waals surface area (Å²) < 4.78 is 0. The first kappa shape index (κ1) is 12.3. The molecular weight excluding hydrogens is 210 g/mol. The van der Waals surface area contributed by atoms with Gasteiger partial charge in [0, 0.05) is 5.56 Å². The van der Waals surface area contributed by atoms with E-state index in [9.17, 15) is 4.79 Å². The minimum Gasteiger partial charge on any atom is -0.292 e. The number of nitrogens with one attached hydrogen (secondary N) is 1. The summed E-state index contributed by atoms with van der Waals surface area (Å²) >= 11 is 0. The summed E-state index contributed by atoms with van der Waals surface area (Å²) in [5, 5.41) is 0. The van der Waals surface area contributed by atoms with E-state index in [0.29, 0.717) is 5.56 Å². The Hall–Kier alpha value is -1.15. The number of hydrogen-bond donors (Lipinski definition) is 0. The molecule has 0 aliphatic heterocycles. The van der Waals surface area contributed by atoms with Crippen LogP contribution in [0.5, 0.6) is 0 Å². The molecule has 1 radical (unpaired) electrons. The highest BCUT2D eigenvalue weighted by atomic mass is 16.1. The van der Waals surface area contributed by atoms with Crippen molar-refractivity contribution in [3.05, 3.63) is 35.9 Å². The van der Waals surface area contributed by atoms with Crippen LogP contribution in [0.1, 0.15) is 48.9 Å². The molecule has 17 heavy (non-hydrogen) atoms. The highest BCUT2D eigenvalue weighted by Crippen LogP contribution is 2.26. The summed E-state index contributed by atoms with van der Waals surface area (Å²) in [6.07, 6.45) is 7.00. The monoisotopic (exact) mass is 230 g/mol. The molecule has 2 rings (SSSR count). The van der Waals surface area contributed by atoms with Gasteiger partial charge in [-0.2, -0.15) is 0 Å². The first-order valence-electron chi connectivity index (χ1n) is 6.59. The Labute approximate surface area is 103 Å². The normalized spacial score (nSPS) is 19.6. The molecule has 91 valence electrons. The van der Waals surface area contributed by atoms with Crippen molar-refractivity contribution >= 4 is 5.78 Å². The molecule has 1 unspecified atom stereocenters. The number of hydrogen-bond acceptors (Lipinski definition) is 1. The Balaban J connectivity index is 2.03. The zero-order valence-corrected chi connectivity index (χ0v) is 10.2. The molecule has 1 aromatic rings. The number of rotatable bonds is 3. The topological polar surface area (TPSA) is 40.9 Å². The zero-order valence-electron chi connectivity index (χ0n) is 10.2. The number of carbonyl (C=O) groups is 1. The van der Waals surface area contributed by atoms with Gasteiger partial charge >= 0.3 is 0 Å². The SMILES string of the molecule is [NH]C(C(=O)c1ccccc1)C1CCCCCC1. The van der Waals surface area contributed by atoms with E-state index in [1.807, 2.05) is 30.3 Å². The maximum absolute atomic E-state index is 12.2. The van der Waals surface area contributed by atoms with Gasteiger partial charge < -0.3 is 0 Å². The van der Waals surface area contributed by atoms with Crippen molar-refractivity contribution < 1.29 is 4.79 Å². The van der Waals surface area contributed by atoms with Crippen molar-refractivity contribution in [2.75, 3.05) is 0 Å². The molecule has 1 fully saturated rings. The molecule has 1 aromatic carbocycles. The van der Waals surface area contributed by atoms with Crippen LogP contribution in [0.4, 0.5) is 0 Å². The van der Waals surface area contributed by atoms with Crippen LogP contribution in [-0.4, -0.2) is 11.8 Å². The summed E-state index contributed by atoms with van der Waals surface area (Å²) in [5.41, 5.74) is 8.85. The Bertz CT molecular complexity index is 352. The second-order valence-corrected chi connectivity index (χ2v) is 4.96. The molecule has 1 aliphatic carbocycles. The molecule has 0 amide bonds. The Morgan fingerprint density at radius 2 is 1.65 bits per heavy atom. The van der Waals surface area contributed by atoms with Crippen LogP contribution in [0.15, 0.2) is 30.3 Å². The maximum atomic E-state index is 12.2. The third-order valence-electron chi connectivity index (χ3n) is 3.71. The third-order valence-corrected chi connectivity index (χ3v) is 3.71. The predicted molar refractivity (Wildman–Crippen MR) is 68.8 cm³/mol. The van der Waals surface area contributed by atoms with Crippen molar-refractivity contribution in [3.8, 4) is 0 Å². The molecule has 0 spiro atoms. The average molecular weight is 230 g/mol. The van der Waals surface area contributed by atoms with E-state index in [4.69, 9.17) is 5.73 Å². The quantitative estimate of drug-likeness (QED) is 0.579. The van der Waals surface area contributed by atoms with Crippen LogP contribution < -0.4 is 5.73 Å². The van der Waals surface area contributed by atoms with E-state index >= 15 is 0 Å². The summed E-state index contributed by atoms with van der Waals surface area (Å²) in [5.74, 6) is 0.266. The maximum Gasteiger partial charge on any atom is 0.181 e. The van der Waals surface area contributed by atoms with Crippen molar-refractivity contribution in [2.24, 2.45) is 5.92 Å². The minimum atomic E-state index is -0.560. The van der Waals surface area contributed by atoms with Crippen LogP contribution in [-0.2, 0) is 0 Å². The van der Waals surface area contributed by atoms with Gasteiger partial charge in [0.25, 0.3) is 0 Å². The fourth-order valence-electron chi connectivity index (χ4n) is 2.64. The minimum absolute atomic E-state index is 0.00231. The lowest BCUT2D eigenvalue weighted by atomic mass is 9.87. The lowest BCUT2D eigenvalue weighted by molar-refractivity contribution is 0.0921. The van der Waals surface area contributed by atoms with Gasteiger partial charge in [-0.25, -0.2) is 5.73 Å². The van der Waals surface area contributed by atoms with E-state index in [1.165, 1.54) is 25.7 Å². The molecule has 1 N–H and O–H groups in total. The number of Topliss-reactive ketones (excluding diaryl/α,β-unsaturated/α-hetero) is 1. The van der Waals surface area contributed by atoms with Crippen LogP contribution in [0.25, 0.3) is 0 Å². The molecule has 1 atom stereocenters. The van der Waals surface area contributed by atoms with Crippen molar-refractivity contribution in [3.63, 3.8) is 0 Å². The molecule has 2 heteroatoms. The second-order valence-electron chi connectivity index (χ2n) is 4.96. The zero-order chi connectivity index (χ0) is 12.1. The molecular formula is C15H20NO.